The summed E-state index contributed by atoms with van der Waals surface area (Å²) in [6, 6.07) is 0. The van der Waals surface area contributed by atoms with Gasteiger partial charge in [-0.1, -0.05) is 45.4 Å². The minimum Gasteiger partial charge on any atom is -0.396 e. The van der Waals surface area contributed by atoms with Crippen LogP contribution < -0.4 is 0 Å². The van der Waals surface area contributed by atoms with Gasteiger partial charge in [-0.2, -0.15) is 0 Å². The first-order chi connectivity index (χ1) is 7.88. The van der Waals surface area contributed by atoms with Crippen LogP contribution in [0.5, 0.6) is 0 Å². The van der Waals surface area contributed by atoms with E-state index in [0.29, 0.717) is 12.7 Å². The lowest BCUT2D eigenvalue weighted by molar-refractivity contribution is 0.268. The molecule has 1 heterocycles. The molecule has 1 aliphatic heterocycles. The summed E-state index contributed by atoms with van der Waals surface area (Å²) in [5, 5.41) is 8.73. The number of ether oxygens (including phenoxy) is 1. The predicted octanol–water partition coefficient (Wildman–Crippen LogP) is 3.52. The average molecular weight is 228 g/mol. The molecule has 2 atom stereocenters. The van der Waals surface area contributed by atoms with Crippen molar-refractivity contribution in [3.8, 4) is 0 Å². The molecule has 0 bridgehead atoms. The Labute approximate surface area is 100 Å². The molecule has 1 N–H and O–H groups in total. The Balaban J connectivity index is 2.01. The summed E-state index contributed by atoms with van der Waals surface area (Å²) in [7, 11) is 0. The highest BCUT2D eigenvalue weighted by Crippen LogP contribution is 2.29. The smallest absolute Gasteiger partial charge is 0.0838 e. The Morgan fingerprint density at radius 2 is 1.69 bits per heavy atom. The molecule has 1 fully saturated rings. The second-order valence-electron chi connectivity index (χ2n) is 5.05. The zero-order valence-corrected chi connectivity index (χ0v) is 10.8. The van der Waals surface area contributed by atoms with Gasteiger partial charge in [-0.25, -0.2) is 0 Å². The normalized spacial score (nSPS) is 21.0. The highest BCUT2D eigenvalue weighted by Gasteiger charge is 2.31. The van der Waals surface area contributed by atoms with Gasteiger partial charge in [0.15, 0.2) is 0 Å². The molecule has 2 nitrogen and oxygen atoms in total. The zero-order chi connectivity index (χ0) is 11.6. The molecule has 0 radical (unpaired) electrons. The first-order valence-electron chi connectivity index (χ1n) is 7.11. The molecule has 96 valence electrons. The molecule has 2 heteroatoms. The van der Waals surface area contributed by atoms with Crippen LogP contribution in [-0.2, 0) is 4.74 Å². The third-order valence-corrected chi connectivity index (χ3v) is 3.55. The maximum absolute atomic E-state index is 8.73. The average Bonchev–Trinajstić information content (AvgIpc) is 3.11. The highest BCUT2D eigenvalue weighted by atomic mass is 16.6. The molecule has 0 saturated carbocycles. The summed E-state index contributed by atoms with van der Waals surface area (Å²) in [6.07, 6.45) is 12.1. The van der Waals surface area contributed by atoms with Crippen LogP contribution in [0.2, 0.25) is 0 Å². The molecule has 16 heavy (non-hydrogen) atoms. The Hall–Kier alpha value is -0.0800. The SMILES string of the molecule is CCCCCCC(CCCCCO)C1CO1. The quantitative estimate of drug-likeness (QED) is 0.433. The minimum absolute atomic E-state index is 0.348. The second-order valence-corrected chi connectivity index (χ2v) is 5.05. The molecular formula is C14H28O2. The van der Waals surface area contributed by atoms with E-state index in [4.69, 9.17) is 9.84 Å². The van der Waals surface area contributed by atoms with Crippen molar-refractivity contribution in [3.05, 3.63) is 0 Å². The van der Waals surface area contributed by atoms with Crippen LogP contribution in [0, 0.1) is 5.92 Å². The number of aliphatic hydroxyl groups is 1. The summed E-state index contributed by atoms with van der Waals surface area (Å²) < 4.78 is 5.44. The Kier molecular flexibility index (Phi) is 7.87. The molecule has 1 saturated heterocycles. The summed E-state index contributed by atoms with van der Waals surface area (Å²) in [5.41, 5.74) is 0. The van der Waals surface area contributed by atoms with Gasteiger partial charge in [0.05, 0.1) is 12.7 Å². The van der Waals surface area contributed by atoms with E-state index in [1.165, 1.54) is 51.4 Å². The van der Waals surface area contributed by atoms with E-state index in [2.05, 4.69) is 6.92 Å². The summed E-state index contributed by atoms with van der Waals surface area (Å²) in [4.78, 5) is 0. The zero-order valence-electron chi connectivity index (χ0n) is 10.8. The molecule has 1 aliphatic rings. The standard InChI is InChI=1S/C14H28O2/c1-2-3-4-6-9-13(14-12-16-14)10-7-5-8-11-15/h13-15H,2-12H2,1H3. The third kappa shape index (κ3) is 6.49. The Morgan fingerprint density at radius 3 is 2.19 bits per heavy atom. The fraction of sp³-hybridized carbons (Fsp3) is 1.00. The van der Waals surface area contributed by atoms with Crippen LogP contribution in [0.4, 0.5) is 0 Å². The Morgan fingerprint density at radius 1 is 1.06 bits per heavy atom. The van der Waals surface area contributed by atoms with Gasteiger partial charge >= 0.3 is 0 Å². The summed E-state index contributed by atoms with van der Waals surface area (Å²) in [6.45, 7) is 3.61. The van der Waals surface area contributed by atoms with Crippen molar-refractivity contribution in [1.82, 2.24) is 0 Å². The van der Waals surface area contributed by atoms with E-state index in [1.807, 2.05) is 0 Å². The van der Waals surface area contributed by atoms with Crippen LogP contribution in [0.15, 0.2) is 0 Å². The topological polar surface area (TPSA) is 32.8 Å². The van der Waals surface area contributed by atoms with Gasteiger partial charge in [0.1, 0.15) is 0 Å². The molecular weight excluding hydrogens is 200 g/mol. The van der Waals surface area contributed by atoms with Gasteiger partial charge in [-0.3, -0.25) is 0 Å². The summed E-state index contributed by atoms with van der Waals surface area (Å²) in [5.74, 6) is 0.801. The molecule has 0 aliphatic carbocycles. The van der Waals surface area contributed by atoms with Crippen molar-refractivity contribution in [3.63, 3.8) is 0 Å². The molecule has 2 unspecified atom stereocenters. The number of rotatable bonds is 11. The minimum atomic E-state index is 0.348. The molecule has 0 aromatic rings. The van der Waals surface area contributed by atoms with Gasteiger partial charge in [0, 0.05) is 6.61 Å². The second kappa shape index (κ2) is 9.00. The van der Waals surface area contributed by atoms with E-state index in [1.54, 1.807) is 0 Å². The first kappa shape index (κ1) is 14.0. The van der Waals surface area contributed by atoms with E-state index in [0.717, 1.165) is 18.9 Å². The lowest BCUT2D eigenvalue weighted by atomic mass is 9.92. The van der Waals surface area contributed by atoms with Crippen LogP contribution in [0.1, 0.15) is 64.7 Å². The van der Waals surface area contributed by atoms with Crippen molar-refractivity contribution >= 4 is 0 Å². The number of hydrogen-bond acceptors (Lipinski definition) is 2. The van der Waals surface area contributed by atoms with Crippen LogP contribution in [0.3, 0.4) is 0 Å². The van der Waals surface area contributed by atoms with Gasteiger partial charge in [0.25, 0.3) is 0 Å². The van der Waals surface area contributed by atoms with E-state index < -0.39 is 0 Å². The number of epoxide rings is 1. The van der Waals surface area contributed by atoms with Gasteiger partial charge < -0.3 is 9.84 Å². The largest absolute Gasteiger partial charge is 0.396 e. The van der Waals surface area contributed by atoms with Crippen molar-refractivity contribution in [2.45, 2.75) is 70.8 Å². The van der Waals surface area contributed by atoms with Gasteiger partial charge in [0.2, 0.25) is 0 Å². The lowest BCUT2D eigenvalue weighted by Gasteiger charge is -2.13. The predicted molar refractivity (Wildman–Crippen MR) is 67.5 cm³/mol. The van der Waals surface area contributed by atoms with Crippen molar-refractivity contribution < 1.29 is 9.84 Å². The van der Waals surface area contributed by atoms with Crippen molar-refractivity contribution in [1.29, 1.82) is 0 Å². The monoisotopic (exact) mass is 228 g/mol. The van der Waals surface area contributed by atoms with Crippen LogP contribution in [0.25, 0.3) is 0 Å². The molecule has 0 amide bonds. The third-order valence-electron chi connectivity index (χ3n) is 3.55. The Bertz CT molecular complexity index is 143. The molecule has 1 rings (SSSR count). The van der Waals surface area contributed by atoms with Gasteiger partial charge in [-0.15, -0.1) is 0 Å². The molecule has 0 spiro atoms. The first-order valence-corrected chi connectivity index (χ1v) is 7.11. The fourth-order valence-electron chi connectivity index (χ4n) is 2.37. The maximum Gasteiger partial charge on any atom is 0.0838 e. The van der Waals surface area contributed by atoms with Crippen LogP contribution in [-0.4, -0.2) is 24.4 Å². The van der Waals surface area contributed by atoms with Gasteiger partial charge in [-0.05, 0) is 25.2 Å². The van der Waals surface area contributed by atoms with E-state index in [9.17, 15) is 0 Å². The van der Waals surface area contributed by atoms with E-state index >= 15 is 0 Å². The lowest BCUT2D eigenvalue weighted by Crippen LogP contribution is -2.08. The summed E-state index contributed by atoms with van der Waals surface area (Å²) >= 11 is 0. The van der Waals surface area contributed by atoms with Crippen molar-refractivity contribution in [2.24, 2.45) is 5.92 Å². The van der Waals surface area contributed by atoms with Crippen LogP contribution >= 0.6 is 0 Å². The number of hydrogen-bond donors (Lipinski definition) is 1. The van der Waals surface area contributed by atoms with Crippen molar-refractivity contribution in [2.75, 3.05) is 13.2 Å². The van der Waals surface area contributed by atoms with E-state index in [-0.39, 0.29) is 0 Å². The number of aliphatic hydroxyl groups excluding tert-OH is 1. The fourth-order valence-corrected chi connectivity index (χ4v) is 2.37. The number of unbranched alkanes of at least 4 members (excludes halogenated alkanes) is 5. The maximum atomic E-state index is 8.73. The molecule has 0 aromatic carbocycles. The highest BCUT2D eigenvalue weighted by molar-refractivity contribution is 4.79. The molecule has 0 aromatic heterocycles.